The van der Waals surface area contributed by atoms with Crippen LogP contribution in [0.5, 0.6) is 5.75 Å². The summed E-state index contributed by atoms with van der Waals surface area (Å²) in [6.07, 6.45) is 0. The molecule has 1 atom stereocenters. The molecule has 2 rings (SSSR count). The van der Waals surface area contributed by atoms with E-state index in [1.54, 1.807) is 7.11 Å². The van der Waals surface area contributed by atoms with Crippen LogP contribution >= 0.6 is 11.6 Å². The summed E-state index contributed by atoms with van der Waals surface area (Å²) in [5.41, 5.74) is 3.13. The first-order chi connectivity index (χ1) is 10.1. The topological polar surface area (TPSA) is 39.1 Å². The molecule has 2 aromatic rings. The van der Waals surface area contributed by atoms with Gasteiger partial charge in [-0.25, -0.2) is 0 Å². The highest BCUT2D eigenvalue weighted by Gasteiger charge is 2.13. The maximum absolute atomic E-state index is 6.32. The van der Waals surface area contributed by atoms with Crippen LogP contribution in [-0.4, -0.2) is 16.9 Å². The van der Waals surface area contributed by atoms with Crippen LogP contribution in [0, 0.1) is 6.92 Å². The number of benzene rings is 1. The smallest absolute Gasteiger partial charge is 0.118 e. The van der Waals surface area contributed by atoms with Crippen molar-refractivity contribution in [2.24, 2.45) is 0 Å². The second kappa shape index (κ2) is 6.96. The molecular formula is C16H22ClN3O. The van der Waals surface area contributed by atoms with E-state index < -0.39 is 0 Å². The van der Waals surface area contributed by atoms with E-state index in [-0.39, 0.29) is 6.04 Å². The van der Waals surface area contributed by atoms with Gasteiger partial charge in [-0.1, -0.05) is 23.7 Å². The number of aryl methyl sites for hydroxylation is 2. The normalized spacial score (nSPS) is 12.4. The Balaban J connectivity index is 2.05. The minimum Gasteiger partial charge on any atom is -0.497 e. The van der Waals surface area contributed by atoms with E-state index in [9.17, 15) is 0 Å². The molecule has 0 aliphatic rings. The molecule has 1 N–H and O–H groups in total. The molecule has 0 amide bonds. The fraction of sp³-hybridized carbons (Fsp3) is 0.438. The van der Waals surface area contributed by atoms with Crippen molar-refractivity contribution in [2.75, 3.05) is 7.11 Å². The molecule has 1 aromatic heterocycles. The summed E-state index contributed by atoms with van der Waals surface area (Å²) < 4.78 is 7.13. The van der Waals surface area contributed by atoms with Crippen molar-refractivity contribution in [3.8, 4) is 5.75 Å². The molecule has 5 heteroatoms. The highest BCUT2D eigenvalue weighted by atomic mass is 35.5. The summed E-state index contributed by atoms with van der Waals surface area (Å²) in [7, 11) is 1.67. The number of hydrogen-bond acceptors (Lipinski definition) is 3. The quantitative estimate of drug-likeness (QED) is 0.884. The number of nitrogens with zero attached hydrogens (tertiary/aromatic N) is 2. The number of hydrogen-bond donors (Lipinski definition) is 1. The van der Waals surface area contributed by atoms with Gasteiger partial charge in [0.2, 0.25) is 0 Å². The van der Waals surface area contributed by atoms with Crippen LogP contribution in [0.25, 0.3) is 0 Å². The van der Waals surface area contributed by atoms with E-state index >= 15 is 0 Å². The van der Waals surface area contributed by atoms with Crippen molar-refractivity contribution in [1.82, 2.24) is 15.1 Å². The van der Waals surface area contributed by atoms with Gasteiger partial charge in [-0.05, 0) is 38.5 Å². The van der Waals surface area contributed by atoms with Crippen LogP contribution in [0.2, 0.25) is 5.02 Å². The van der Waals surface area contributed by atoms with E-state index in [4.69, 9.17) is 16.3 Å². The fourth-order valence-corrected chi connectivity index (χ4v) is 2.50. The third kappa shape index (κ3) is 3.57. The zero-order chi connectivity index (χ0) is 15.4. The van der Waals surface area contributed by atoms with Crippen molar-refractivity contribution in [2.45, 2.75) is 39.9 Å². The molecule has 0 saturated heterocycles. The Labute approximate surface area is 131 Å². The standard InChI is InChI=1S/C16H22ClN3O/c1-5-20-15(16(17)12(3)19-20)10-18-11(2)13-6-8-14(21-4)9-7-13/h6-9,11,18H,5,10H2,1-4H3/t11-/m1/s1. The van der Waals surface area contributed by atoms with Gasteiger partial charge >= 0.3 is 0 Å². The van der Waals surface area contributed by atoms with Crippen LogP contribution in [0.15, 0.2) is 24.3 Å². The average Bonchev–Trinajstić information content (AvgIpc) is 2.79. The van der Waals surface area contributed by atoms with Crippen LogP contribution < -0.4 is 10.1 Å². The van der Waals surface area contributed by atoms with E-state index in [1.807, 2.05) is 23.7 Å². The molecule has 4 nitrogen and oxygen atoms in total. The van der Waals surface area contributed by atoms with Gasteiger partial charge in [-0.15, -0.1) is 0 Å². The van der Waals surface area contributed by atoms with Crippen LogP contribution in [0.4, 0.5) is 0 Å². The van der Waals surface area contributed by atoms with Gasteiger partial charge in [0.1, 0.15) is 5.75 Å². The van der Waals surface area contributed by atoms with Gasteiger partial charge in [0, 0.05) is 19.1 Å². The number of rotatable bonds is 6. The zero-order valence-corrected chi connectivity index (χ0v) is 13.7. The second-order valence-corrected chi connectivity index (χ2v) is 5.42. The fourth-order valence-electron chi connectivity index (χ4n) is 2.30. The summed E-state index contributed by atoms with van der Waals surface area (Å²) in [5.74, 6) is 0.869. The summed E-state index contributed by atoms with van der Waals surface area (Å²) in [6.45, 7) is 7.65. The van der Waals surface area contributed by atoms with Gasteiger partial charge in [-0.3, -0.25) is 4.68 Å². The van der Waals surface area contributed by atoms with Crippen LogP contribution in [-0.2, 0) is 13.1 Å². The minimum absolute atomic E-state index is 0.229. The summed E-state index contributed by atoms with van der Waals surface area (Å²) in [6, 6.07) is 8.32. The van der Waals surface area contributed by atoms with Crippen LogP contribution in [0.3, 0.4) is 0 Å². The van der Waals surface area contributed by atoms with Crippen molar-refractivity contribution in [1.29, 1.82) is 0 Å². The molecule has 0 unspecified atom stereocenters. The lowest BCUT2D eigenvalue weighted by atomic mass is 10.1. The highest BCUT2D eigenvalue weighted by Crippen LogP contribution is 2.22. The number of aromatic nitrogens is 2. The predicted molar refractivity (Wildman–Crippen MR) is 85.9 cm³/mol. The van der Waals surface area contributed by atoms with Gasteiger partial charge in [0.15, 0.2) is 0 Å². The monoisotopic (exact) mass is 307 g/mol. The lowest BCUT2D eigenvalue weighted by molar-refractivity contribution is 0.414. The first-order valence-corrected chi connectivity index (χ1v) is 7.53. The third-order valence-corrected chi connectivity index (χ3v) is 4.14. The molecule has 1 aromatic carbocycles. The van der Waals surface area contributed by atoms with E-state index in [1.165, 1.54) is 5.56 Å². The summed E-state index contributed by atoms with van der Waals surface area (Å²) in [5, 5.41) is 8.68. The molecule has 114 valence electrons. The first-order valence-electron chi connectivity index (χ1n) is 7.16. The lowest BCUT2D eigenvalue weighted by Crippen LogP contribution is -2.20. The molecule has 0 spiro atoms. The Morgan fingerprint density at radius 3 is 2.57 bits per heavy atom. The minimum atomic E-state index is 0.229. The number of methoxy groups -OCH3 is 1. The Bertz CT molecular complexity index is 592. The van der Waals surface area contributed by atoms with E-state index in [0.29, 0.717) is 6.54 Å². The largest absolute Gasteiger partial charge is 0.497 e. The maximum atomic E-state index is 6.32. The molecule has 0 bridgehead atoms. The third-order valence-electron chi connectivity index (χ3n) is 3.64. The summed E-state index contributed by atoms with van der Waals surface area (Å²) in [4.78, 5) is 0. The zero-order valence-electron chi connectivity index (χ0n) is 13.0. The van der Waals surface area contributed by atoms with Gasteiger partial charge in [0.05, 0.1) is 23.5 Å². The van der Waals surface area contributed by atoms with Gasteiger partial charge < -0.3 is 10.1 Å². The maximum Gasteiger partial charge on any atom is 0.118 e. The molecule has 21 heavy (non-hydrogen) atoms. The Morgan fingerprint density at radius 2 is 2.00 bits per heavy atom. The second-order valence-electron chi connectivity index (χ2n) is 5.04. The van der Waals surface area contributed by atoms with E-state index in [0.717, 1.165) is 28.7 Å². The summed E-state index contributed by atoms with van der Waals surface area (Å²) >= 11 is 6.32. The number of halogens is 1. The average molecular weight is 308 g/mol. The SMILES string of the molecule is CCn1nc(C)c(Cl)c1CN[C@H](C)c1ccc(OC)cc1. The molecule has 0 saturated carbocycles. The van der Waals surface area contributed by atoms with Crippen molar-refractivity contribution in [3.63, 3.8) is 0 Å². The van der Waals surface area contributed by atoms with Crippen molar-refractivity contribution < 1.29 is 4.74 Å². The van der Waals surface area contributed by atoms with Gasteiger partial charge in [0.25, 0.3) is 0 Å². The first kappa shape index (κ1) is 15.9. The predicted octanol–water partition coefficient (Wildman–Crippen LogP) is 3.72. The van der Waals surface area contributed by atoms with Crippen molar-refractivity contribution in [3.05, 3.63) is 46.2 Å². The molecule has 0 fully saturated rings. The number of ether oxygens (including phenoxy) is 1. The number of nitrogens with one attached hydrogen (secondary N) is 1. The molecule has 0 aliphatic heterocycles. The molecular weight excluding hydrogens is 286 g/mol. The van der Waals surface area contributed by atoms with Crippen molar-refractivity contribution >= 4 is 11.6 Å². The Hall–Kier alpha value is -1.52. The molecule has 1 heterocycles. The highest BCUT2D eigenvalue weighted by molar-refractivity contribution is 6.31. The van der Waals surface area contributed by atoms with Crippen LogP contribution in [0.1, 0.15) is 36.8 Å². The molecule has 0 aliphatic carbocycles. The molecule has 0 radical (unpaired) electrons. The van der Waals surface area contributed by atoms with E-state index in [2.05, 4.69) is 36.4 Å². The lowest BCUT2D eigenvalue weighted by Gasteiger charge is -2.15. The Kier molecular flexibility index (Phi) is 5.26. The van der Waals surface area contributed by atoms with Gasteiger partial charge in [-0.2, -0.15) is 5.10 Å². The Morgan fingerprint density at radius 1 is 1.33 bits per heavy atom.